The molecule has 0 amide bonds. The van der Waals surface area contributed by atoms with E-state index in [0.717, 1.165) is 48.4 Å². The summed E-state index contributed by atoms with van der Waals surface area (Å²) < 4.78 is 7.45. The maximum Gasteiger partial charge on any atom is 0.159 e. The molecule has 116 valence electrons. The van der Waals surface area contributed by atoms with Gasteiger partial charge in [0.25, 0.3) is 0 Å². The molecule has 1 aliphatic heterocycles. The summed E-state index contributed by atoms with van der Waals surface area (Å²) >= 11 is 0. The first-order chi connectivity index (χ1) is 11.4. The van der Waals surface area contributed by atoms with Gasteiger partial charge in [-0.1, -0.05) is 5.21 Å². The van der Waals surface area contributed by atoms with Gasteiger partial charge in [0.15, 0.2) is 5.65 Å². The van der Waals surface area contributed by atoms with E-state index in [2.05, 4.69) is 20.3 Å². The molecule has 3 aromatic heterocycles. The second kappa shape index (κ2) is 6.26. The zero-order valence-corrected chi connectivity index (χ0v) is 12.7. The van der Waals surface area contributed by atoms with Crippen LogP contribution < -0.4 is 0 Å². The van der Waals surface area contributed by atoms with E-state index in [4.69, 9.17) is 4.74 Å². The van der Waals surface area contributed by atoms with Gasteiger partial charge in [0, 0.05) is 18.2 Å². The molecule has 0 saturated carbocycles. The summed E-state index contributed by atoms with van der Waals surface area (Å²) in [5.41, 5.74) is 2.41. The maximum absolute atomic E-state index is 5.61. The molecular formula is C17H17N5O. The highest BCUT2D eigenvalue weighted by atomic mass is 16.5. The Morgan fingerprint density at radius 2 is 2.17 bits per heavy atom. The number of nitrogens with zero attached hydrogens (tertiary/aromatic N) is 5. The van der Waals surface area contributed by atoms with Gasteiger partial charge in [-0.3, -0.25) is 0 Å². The van der Waals surface area contributed by atoms with Crippen molar-refractivity contribution in [2.24, 2.45) is 0 Å². The van der Waals surface area contributed by atoms with Crippen molar-refractivity contribution in [2.45, 2.75) is 25.5 Å². The molecule has 23 heavy (non-hydrogen) atoms. The van der Waals surface area contributed by atoms with Gasteiger partial charge < -0.3 is 4.74 Å². The smallest absolute Gasteiger partial charge is 0.159 e. The van der Waals surface area contributed by atoms with E-state index in [0.29, 0.717) is 0 Å². The van der Waals surface area contributed by atoms with Crippen LogP contribution in [0.5, 0.6) is 0 Å². The van der Waals surface area contributed by atoms with Crippen molar-refractivity contribution in [2.75, 3.05) is 6.61 Å². The lowest BCUT2D eigenvalue weighted by Crippen LogP contribution is -2.15. The molecule has 6 heteroatoms. The van der Waals surface area contributed by atoms with Gasteiger partial charge in [-0.2, -0.15) is 0 Å². The number of fused-ring (bicyclic) bond motifs is 1. The molecule has 1 unspecified atom stereocenters. The second-order valence-corrected chi connectivity index (χ2v) is 5.62. The third-order valence-corrected chi connectivity index (χ3v) is 3.88. The van der Waals surface area contributed by atoms with Crippen molar-refractivity contribution in [1.82, 2.24) is 25.0 Å². The Morgan fingerprint density at radius 3 is 3.09 bits per heavy atom. The summed E-state index contributed by atoms with van der Waals surface area (Å²) in [6.07, 6.45) is 10.0. The summed E-state index contributed by atoms with van der Waals surface area (Å²) in [6.45, 7) is 1.62. The van der Waals surface area contributed by atoms with Crippen molar-refractivity contribution in [1.29, 1.82) is 0 Å². The molecule has 0 bridgehead atoms. The lowest BCUT2D eigenvalue weighted by atomic mass is 10.2. The number of rotatable bonds is 4. The number of pyridine rings is 2. The maximum atomic E-state index is 5.61. The molecule has 3 aromatic rings. The number of aromatic nitrogens is 5. The van der Waals surface area contributed by atoms with Gasteiger partial charge in [-0.15, -0.1) is 5.10 Å². The van der Waals surface area contributed by atoms with E-state index in [-0.39, 0.29) is 6.10 Å². The lowest BCUT2D eigenvalue weighted by molar-refractivity contribution is 0.0935. The zero-order chi connectivity index (χ0) is 15.5. The third-order valence-electron chi connectivity index (χ3n) is 3.88. The Balaban J connectivity index is 1.47. The van der Waals surface area contributed by atoms with Crippen LogP contribution in [-0.4, -0.2) is 37.7 Å². The fourth-order valence-corrected chi connectivity index (χ4v) is 2.71. The molecule has 1 saturated heterocycles. The van der Waals surface area contributed by atoms with Crippen molar-refractivity contribution in [3.63, 3.8) is 0 Å². The summed E-state index contributed by atoms with van der Waals surface area (Å²) in [6, 6.07) is 7.89. The van der Waals surface area contributed by atoms with E-state index in [1.54, 1.807) is 6.20 Å². The van der Waals surface area contributed by atoms with Crippen LogP contribution >= 0.6 is 0 Å². The Hall–Kier alpha value is -2.60. The third kappa shape index (κ3) is 3.27. The van der Waals surface area contributed by atoms with Crippen molar-refractivity contribution >= 4 is 23.2 Å². The Bertz CT molecular complexity index is 836. The molecule has 1 aliphatic rings. The molecular weight excluding hydrogens is 290 g/mol. The van der Waals surface area contributed by atoms with Gasteiger partial charge in [0.1, 0.15) is 5.69 Å². The second-order valence-electron chi connectivity index (χ2n) is 5.62. The van der Waals surface area contributed by atoms with Crippen LogP contribution in [0.15, 0.2) is 36.7 Å². The van der Waals surface area contributed by atoms with Gasteiger partial charge in [-0.05, 0) is 49.3 Å². The van der Waals surface area contributed by atoms with Crippen LogP contribution in [-0.2, 0) is 11.3 Å². The fourth-order valence-electron chi connectivity index (χ4n) is 2.71. The first-order valence-corrected chi connectivity index (χ1v) is 7.78. The molecule has 0 spiro atoms. The largest absolute Gasteiger partial charge is 0.376 e. The minimum Gasteiger partial charge on any atom is -0.376 e. The monoisotopic (exact) mass is 307 g/mol. The predicted octanol–water partition coefficient (Wildman–Crippen LogP) is 2.57. The number of hydrogen-bond acceptors (Lipinski definition) is 5. The first-order valence-electron chi connectivity index (χ1n) is 7.78. The van der Waals surface area contributed by atoms with E-state index in [9.17, 15) is 0 Å². The molecule has 4 heterocycles. The minimum atomic E-state index is 0.266. The Kier molecular flexibility index (Phi) is 3.81. The van der Waals surface area contributed by atoms with Crippen LogP contribution in [0, 0.1) is 0 Å². The Labute approximate surface area is 133 Å². The minimum absolute atomic E-state index is 0.266. The fraction of sp³-hybridized carbons (Fsp3) is 0.294. The van der Waals surface area contributed by atoms with Crippen LogP contribution in [0.1, 0.15) is 24.2 Å². The molecule has 0 N–H and O–H groups in total. The van der Waals surface area contributed by atoms with Crippen LogP contribution in [0.25, 0.3) is 23.2 Å². The molecule has 6 nitrogen and oxygen atoms in total. The molecule has 4 rings (SSSR count). The quantitative estimate of drug-likeness (QED) is 0.741. The number of hydrogen-bond donors (Lipinski definition) is 0. The standard InChI is InChI=1S/C17H17N5O/c1-3-13-5-6-14(19-17(13)18-9-1)7-8-15-11-22(21-20-15)12-16-4-2-10-23-16/h1,3,5-9,11,16H,2,4,10,12H2/b8-7+. The zero-order valence-electron chi connectivity index (χ0n) is 12.7. The highest BCUT2D eigenvalue weighted by Crippen LogP contribution is 2.14. The van der Waals surface area contributed by atoms with Crippen molar-refractivity contribution in [3.05, 3.63) is 48.0 Å². The molecule has 0 aromatic carbocycles. The summed E-state index contributed by atoms with van der Waals surface area (Å²) in [4.78, 5) is 8.77. The normalized spacial score (nSPS) is 18.2. The van der Waals surface area contributed by atoms with E-state index in [1.165, 1.54) is 0 Å². The average Bonchev–Trinajstić information content (AvgIpc) is 3.25. The average molecular weight is 307 g/mol. The molecule has 1 atom stereocenters. The van der Waals surface area contributed by atoms with E-state index in [1.807, 2.05) is 47.3 Å². The van der Waals surface area contributed by atoms with Gasteiger partial charge >= 0.3 is 0 Å². The Morgan fingerprint density at radius 1 is 1.22 bits per heavy atom. The highest BCUT2D eigenvalue weighted by molar-refractivity contribution is 5.77. The topological polar surface area (TPSA) is 65.7 Å². The van der Waals surface area contributed by atoms with Gasteiger partial charge in [0.2, 0.25) is 0 Å². The van der Waals surface area contributed by atoms with Crippen molar-refractivity contribution in [3.8, 4) is 0 Å². The number of ether oxygens (including phenoxy) is 1. The van der Waals surface area contributed by atoms with Gasteiger partial charge in [-0.25, -0.2) is 14.6 Å². The summed E-state index contributed by atoms with van der Waals surface area (Å²) in [7, 11) is 0. The summed E-state index contributed by atoms with van der Waals surface area (Å²) in [5.74, 6) is 0. The van der Waals surface area contributed by atoms with Crippen molar-refractivity contribution < 1.29 is 4.74 Å². The predicted molar refractivity (Wildman–Crippen MR) is 87.5 cm³/mol. The molecule has 0 radical (unpaired) electrons. The van der Waals surface area contributed by atoms with Crippen LogP contribution in [0.4, 0.5) is 0 Å². The molecule has 1 fully saturated rings. The SMILES string of the molecule is C(=C\c1ccc2cccnc2n1)/c1cn(CC2CCCO2)nn1. The van der Waals surface area contributed by atoms with E-state index >= 15 is 0 Å². The van der Waals surface area contributed by atoms with Crippen LogP contribution in [0.3, 0.4) is 0 Å². The first kappa shape index (κ1) is 14.0. The lowest BCUT2D eigenvalue weighted by Gasteiger charge is -2.07. The van der Waals surface area contributed by atoms with Crippen LogP contribution in [0.2, 0.25) is 0 Å². The van der Waals surface area contributed by atoms with E-state index < -0.39 is 0 Å². The molecule has 0 aliphatic carbocycles. The van der Waals surface area contributed by atoms with Gasteiger partial charge in [0.05, 0.1) is 24.5 Å². The highest BCUT2D eigenvalue weighted by Gasteiger charge is 2.16. The summed E-state index contributed by atoms with van der Waals surface area (Å²) in [5, 5.41) is 9.34.